The van der Waals surface area contributed by atoms with Crippen LogP contribution in [0.1, 0.15) is 11.1 Å². The lowest BCUT2D eigenvalue weighted by Gasteiger charge is -2.12. The Labute approximate surface area is 89.9 Å². The summed E-state index contributed by atoms with van der Waals surface area (Å²) in [5, 5.41) is 10.9. The van der Waals surface area contributed by atoms with Crippen LogP contribution in [0.5, 0.6) is 5.75 Å². The Morgan fingerprint density at radius 3 is 2.38 bits per heavy atom. The Balaban J connectivity index is 3.03. The fourth-order valence-electron chi connectivity index (χ4n) is 1.16. The fourth-order valence-corrected chi connectivity index (χ4v) is 1.16. The number of hydrogen-bond acceptors (Lipinski definition) is 2. The van der Waals surface area contributed by atoms with Gasteiger partial charge in [-0.2, -0.15) is 13.2 Å². The number of aromatic hydroxyl groups is 1. The van der Waals surface area contributed by atoms with E-state index in [9.17, 15) is 23.1 Å². The van der Waals surface area contributed by atoms with Gasteiger partial charge in [0.2, 0.25) is 0 Å². The van der Waals surface area contributed by atoms with Crippen LogP contribution in [0, 0.1) is 13.8 Å². The number of carbonyl (C=O) groups excluding carboxylic acids is 1. The zero-order valence-electron chi connectivity index (χ0n) is 8.64. The third-order valence-corrected chi connectivity index (χ3v) is 2.16. The van der Waals surface area contributed by atoms with Gasteiger partial charge in [-0.15, -0.1) is 0 Å². The normalized spacial score (nSPS) is 11.3. The summed E-state index contributed by atoms with van der Waals surface area (Å²) >= 11 is 0. The van der Waals surface area contributed by atoms with Crippen LogP contribution in [0.2, 0.25) is 0 Å². The van der Waals surface area contributed by atoms with Gasteiger partial charge in [-0.1, -0.05) is 0 Å². The van der Waals surface area contributed by atoms with Crippen LogP contribution in [0.15, 0.2) is 12.1 Å². The van der Waals surface area contributed by atoms with Gasteiger partial charge in [0.05, 0.1) is 0 Å². The average molecular weight is 233 g/mol. The molecule has 0 radical (unpaired) electrons. The highest BCUT2D eigenvalue weighted by atomic mass is 19.4. The van der Waals surface area contributed by atoms with E-state index in [0.29, 0.717) is 11.1 Å². The minimum Gasteiger partial charge on any atom is -0.508 e. The quantitative estimate of drug-likeness (QED) is 0.783. The zero-order chi connectivity index (χ0) is 12.5. The molecule has 3 nitrogen and oxygen atoms in total. The molecule has 0 spiro atoms. The predicted octanol–water partition coefficient (Wildman–Crippen LogP) is 2.51. The van der Waals surface area contributed by atoms with Crippen LogP contribution in [-0.2, 0) is 4.79 Å². The van der Waals surface area contributed by atoms with Crippen molar-refractivity contribution in [3.8, 4) is 5.75 Å². The highest BCUT2D eigenvalue weighted by Crippen LogP contribution is 2.26. The van der Waals surface area contributed by atoms with Gasteiger partial charge in [-0.05, 0) is 31.0 Å². The Morgan fingerprint density at radius 1 is 1.31 bits per heavy atom. The number of halogens is 3. The SMILES string of the molecule is Cc1cc(O)cc(NC(=O)C(F)(F)F)c1C. The summed E-state index contributed by atoms with van der Waals surface area (Å²) < 4.78 is 36.0. The van der Waals surface area contributed by atoms with Crippen molar-refractivity contribution >= 4 is 11.6 Å². The van der Waals surface area contributed by atoms with Gasteiger partial charge in [0.1, 0.15) is 5.75 Å². The molecule has 1 aromatic rings. The summed E-state index contributed by atoms with van der Waals surface area (Å²) in [7, 11) is 0. The summed E-state index contributed by atoms with van der Waals surface area (Å²) in [4.78, 5) is 10.7. The van der Waals surface area contributed by atoms with Gasteiger partial charge < -0.3 is 10.4 Å². The van der Waals surface area contributed by atoms with Crippen molar-refractivity contribution in [2.75, 3.05) is 5.32 Å². The number of aryl methyl sites for hydroxylation is 1. The first-order chi connectivity index (χ1) is 7.21. The summed E-state index contributed by atoms with van der Waals surface area (Å²) in [5.74, 6) is -2.25. The number of amides is 1. The Morgan fingerprint density at radius 2 is 1.88 bits per heavy atom. The molecule has 0 aliphatic carbocycles. The molecule has 0 atom stereocenters. The summed E-state index contributed by atoms with van der Waals surface area (Å²) in [6.07, 6.45) is -4.94. The van der Waals surface area contributed by atoms with Crippen molar-refractivity contribution in [1.82, 2.24) is 0 Å². The monoisotopic (exact) mass is 233 g/mol. The third-order valence-electron chi connectivity index (χ3n) is 2.16. The minimum atomic E-state index is -4.94. The van der Waals surface area contributed by atoms with Crippen LogP contribution in [-0.4, -0.2) is 17.2 Å². The Kier molecular flexibility index (Phi) is 3.11. The second-order valence-corrected chi connectivity index (χ2v) is 3.39. The van der Waals surface area contributed by atoms with Crippen LogP contribution in [0.4, 0.5) is 18.9 Å². The van der Waals surface area contributed by atoms with Gasteiger partial charge in [0, 0.05) is 11.8 Å². The van der Waals surface area contributed by atoms with Crippen LogP contribution < -0.4 is 5.32 Å². The molecule has 16 heavy (non-hydrogen) atoms. The van der Waals surface area contributed by atoms with E-state index in [1.165, 1.54) is 6.07 Å². The van der Waals surface area contributed by atoms with Crippen molar-refractivity contribution in [2.24, 2.45) is 0 Å². The van der Waals surface area contributed by atoms with Crippen LogP contribution in [0.25, 0.3) is 0 Å². The predicted molar refractivity (Wildman–Crippen MR) is 52.3 cm³/mol. The molecule has 0 saturated heterocycles. The lowest BCUT2D eigenvalue weighted by Crippen LogP contribution is -2.30. The molecule has 0 unspecified atom stereocenters. The van der Waals surface area contributed by atoms with E-state index in [1.807, 2.05) is 0 Å². The second-order valence-electron chi connectivity index (χ2n) is 3.39. The molecule has 0 fully saturated rings. The molecule has 0 bridgehead atoms. The molecule has 0 aliphatic rings. The molecule has 0 aliphatic heterocycles. The van der Waals surface area contributed by atoms with Gasteiger partial charge in [0.15, 0.2) is 0 Å². The number of anilines is 1. The maximum Gasteiger partial charge on any atom is 0.471 e. The van der Waals surface area contributed by atoms with Gasteiger partial charge in [-0.3, -0.25) is 4.79 Å². The van der Waals surface area contributed by atoms with Crippen molar-refractivity contribution in [1.29, 1.82) is 0 Å². The molecular weight excluding hydrogens is 223 g/mol. The largest absolute Gasteiger partial charge is 0.508 e. The number of benzene rings is 1. The topological polar surface area (TPSA) is 49.3 Å². The van der Waals surface area contributed by atoms with Gasteiger partial charge in [-0.25, -0.2) is 0 Å². The van der Waals surface area contributed by atoms with E-state index < -0.39 is 12.1 Å². The first kappa shape index (κ1) is 12.4. The minimum absolute atomic E-state index is 0.0418. The van der Waals surface area contributed by atoms with Crippen LogP contribution in [0.3, 0.4) is 0 Å². The van der Waals surface area contributed by atoms with Crippen molar-refractivity contribution in [3.63, 3.8) is 0 Å². The lowest BCUT2D eigenvalue weighted by molar-refractivity contribution is -0.167. The van der Waals surface area contributed by atoms with Gasteiger partial charge in [0.25, 0.3) is 0 Å². The Bertz CT molecular complexity index is 427. The van der Waals surface area contributed by atoms with Crippen molar-refractivity contribution < 1.29 is 23.1 Å². The molecule has 88 valence electrons. The van der Waals surface area contributed by atoms with Crippen molar-refractivity contribution in [3.05, 3.63) is 23.3 Å². The first-order valence-electron chi connectivity index (χ1n) is 4.40. The second kappa shape index (κ2) is 4.03. The number of rotatable bonds is 1. The summed E-state index contributed by atoms with van der Waals surface area (Å²) in [6, 6.07) is 2.48. The van der Waals surface area contributed by atoms with E-state index in [0.717, 1.165) is 6.07 Å². The van der Waals surface area contributed by atoms with E-state index in [4.69, 9.17) is 0 Å². The number of hydrogen-bond donors (Lipinski definition) is 2. The third kappa shape index (κ3) is 2.65. The highest BCUT2D eigenvalue weighted by molar-refractivity contribution is 5.95. The lowest BCUT2D eigenvalue weighted by atomic mass is 10.1. The van der Waals surface area contributed by atoms with Crippen LogP contribution >= 0.6 is 0 Å². The number of nitrogens with one attached hydrogen (secondary N) is 1. The van der Waals surface area contributed by atoms with E-state index in [1.54, 1.807) is 19.2 Å². The summed E-state index contributed by atoms with van der Waals surface area (Å²) in [5.41, 5.74) is 1.03. The molecule has 1 aromatic carbocycles. The molecule has 1 amide bonds. The average Bonchev–Trinajstić information content (AvgIpc) is 2.11. The summed E-state index contributed by atoms with van der Waals surface area (Å²) in [6.45, 7) is 3.18. The number of alkyl halides is 3. The standard InChI is InChI=1S/C10H10F3NO2/c1-5-3-7(15)4-8(6(5)2)14-9(16)10(11,12)13/h3-4,15H,1-2H3,(H,14,16). The molecule has 2 N–H and O–H groups in total. The molecule has 1 rings (SSSR count). The fraction of sp³-hybridized carbons (Fsp3) is 0.300. The highest BCUT2D eigenvalue weighted by Gasteiger charge is 2.38. The molecule has 0 aromatic heterocycles. The number of phenols is 1. The van der Waals surface area contributed by atoms with E-state index in [-0.39, 0.29) is 11.4 Å². The maximum atomic E-state index is 12.0. The van der Waals surface area contributed by atoms with Gasteiger partial charge >= 0.3 is 12.1 Å². The van der Waals surface area contributed by atoms with Crippen molar-refractivity contribution in [2.45, 2.75) is 20.0 Å². The smallest absolute Gasteiger partial charge is 0.471 e. The number of carbonyl (C=O) groups is 1. The zero-order valence-corrected chi connectivity index (χ0v) is 8.64. The van der Waals surface area contributed by atoms with E-state index >= 15 is 0 Å². The first-order valence-corrected chi connectivity index (χ1v) is 4.40. The molecule has 0 heterocycles. The maximum absolute atomic E-state index is 12.0. The Hall–Kier alpha value is -1.72. The molecule has 0 saturated carbocycles. The molecule has 6 heteroatoms. The molecular formula is C10H10F3NO2. The number of phenolic OH excluding ortho intramolecular Hbond substituents is 1. The van der Waals surface area contributed by atoms with E-state index in [2.05, 4.69) is 0 Å².